The summed E-state index contributed by atoms with van der Waals surface area (Å²) >= 11 is 1.58. The fourth-order valence-electron chi connectivity index (χ4n) is 1.98. The molecule has 0 unspecified atom stereocenters. The van der Waals surface area contributed by atoms with Gasteiger partial charge in [0.15, 0.2) is 0 Å². The van der Waals surface area contributed by atoms with Gasteiger partial charge >= 0.3 is 0 Å². The van der Waals surface area contributed by atoms with Gasteiger partial charge in [-0.1, -0.05) is 42.1 Å². The van der Waals surface area contributed by atoms with E-state index in [1.165, 1.54) is 0 Å². The van der Waals surface area contributed by atoms with E-state index in [4.69, 9.17) is 4.74 Å². The number of methoxy groups -OCH3 is 1. The van der Waals surface area contributed by atoms with Gasteiger partial charge in [0.05, 0.1) is 19.0 Å². The summed E-state index contributed by atoms with van der Waals surface area (Å²) in [4.78, 5) is 0. The summed E-state index contributed by atoms with van der Waals surface area (Å²) in [5.74, 6) is 1.60. The maximum absolute atomic E-state index is 5.12. The molecule has 1 N–H and O–H groups in total. The Morgan fingerprint density at radius 3 is 2.52 bits per heavy atom. The molecular weight excluding hydrogens is 308 g/mol. The molecule has 23 heavy (non-hydrogen) atoms. The van der Waals surface area contributed by atoms with Crippen LogP contribution in [0.1, 0.15) is 11.1 Å². The number of thioether (sulfide) groups is 1. The third kappa shape index (κ3) is 4.20. The van der Waals surface area contributed by atoms with Crippen LogP contribution >= 0.6 is 11.8 Å². The van der Waals surface area contributed by atoms with E-state index in [-0.39, 0.29) is 0 Å². The van der Waals surface area contributed by atoms with Gasteiger partial charge in [0.25, 0.3) is 0 Å². The van der Waals surface area contributed by atoms with E-state index >= 15 is 0 Å². The van der Waals surface area contributed by atoms with Crippen molar-refractivity contribution in [1.29, 1.82) is 0 Å². The van der Waals surface area contributed by atoms with Crippen molar-refractivity contribution < 1.29 is 4.74 Å². The first-order valence-electron chi connectivity index (χ1n) is 7.11. The highest BCUT2D eigenvalue weighted by molar-refractivity contribution is 8.14. The maximum Gasteiger partial charge on any atom is 0.203 e. The minimum atomic E-state index is 0.689. The largest absolute Gasteiger partial charge is 0.497 e. The molecular formula is C17H16N4OS. The summed E-state index contributed by atoms with van der Waals surface area (Å²) in [6, 6.07) is 17.7. The molecule has 0 spiro atoms. The standard InChI is InChI=1S/C17H16N4OS/c1-22-15-9-7-13(8-10-15)11-18-20-17-21-19-16(12-23-17)14-5-3-2-4-6-14/h2-11H,12H2,1H3,(H,20,21)/b18-11+. The molecule has 0 aliphatic carbocycles. The van der Waals surface area contributed by atoms with E-state index in [1.54, 1.807) is 25.1 Å². The first kappa shape index (κ1) is 15.3. The maximum atomic E-state index is 5.12. The van der Waals surface area contributed by atoms with Gasteiger partial charge in [-0.05, 0) is 35.4 Å². The van der Waals surface area contributed by atoms with Crippen molar-refractivity contribution in [2.75, 3.05) is 12.9 Å². The van der Waals surface area contributed by atoms with Crippen molar-refractivity contribution in [2.45, 2.75) is 0 Å². The molecule has 5 nitrogen and oxygen atoms in total. The lowest BCUT2D eigenvalue weighted by Gasteiger charge is -2.10. The molecule has 0 bridgehead atoms. The summed E-state index contributed by atoms with van der Waals surface area (Å²) in [5, 5.41) is 13.3. The van der Waals surface area contributed by atoms with Crippen LogP contribution in [0.2, 0.25) is 0 Å². The average Bonchev–Trinajstić information content (AvgIpc) is 2.64. The van der Waals surface area contributed by atoms with Gasteiger partial charge < -0.3 is 4.74 Å². The normalized spacial score (nSPS) is 14.3. The molecule has 2 aromatic carbocycles. The molecule has 0 atom stereocenters. The van der Waals surface area contributed by atoms with Crippen LogP contribution in [0.3, 0.4) is 0 Å². The number of hydrogen-bond acceptors (Lipinski definition) is 6. The van der Waals surface area contributed by atoms with Gasteiger partial charge in [0.1, 0.15) is 5.75 Å². The second-order valence-corrected chi connectivity index (χ2v) is 5.71. The fraction of sp³-hybridized carbons (Fsp3) is 0.118. The number of ether oxygens (including phenoxy) is 1. The second-order valence-electron chi connectivity index (χ2n) is 4.75. The molecule has 0 aromatic heterocycles. The highest BCUT2D eigenvalue weighted by Gasteiger charge is 2.11. The van der Waals surface area contributed by atoms with E-state index in [1.807, 2.05) is 54.6 Å². The Kier molecular flexibility index (Phi) is 5.06. The monoisotopic (exact) mass is 324 g/mol. The molecule has 0 radical (unpaired) electrons. The molecule has 6 heteroatoms. The Morgan fingerprint density at radius 2 is 1.87 bits per heavy atom. The molecule has 1 aliphatic heterocycles. The number of nitrogens with one attached hydrogen (secondary N) is 1. The van der Waals surface area contributed by atoms with E-state index in [9.17, 15) is 0 Å². The lowest BCUT2D eigenvalue weighted by molar-refractivity contribution is 0.415. The van der Waals surface area contributed by atoms with Crippen molar-refractivity contribution in [2.24, 2.45) is 15.3 Å². The predicted octanol–water partition coefficient (Wildman–Crippen LogP) is 3.13. The minimum Gasteiger partial charge on any atom is -0.497 e. The van der Waals surface area contributed by atoms with Crippen LogP contribution in [0, 0.1) is 0 Å². The van der Waals surface area contributed by atoms with Gasteiger partial charge in [-0.3, -0.25) is 5.43 Å². The van der Waals surface area contributed by atoms with Gasteiger partial charge in [-0.25, -0.2) is 0 Å². The van der Waals surface area contributed by atoms with E-state index in [2.05, 4.69) is 20.7 Å². The van der Waals surface area contributed by atoms with Crippen molar-refractivity contribution in [3.8, 4) is 5.75 Å². The molecule has 116 valence electrons. The van der Waals surface area contributed by atoms with Crippen LogP contribution in [0.5, 0.6) is 5.75 Å². The Hall–Kier alpha value is -2.60. The molecule has 1 heterocycles. The van der Waals surface area contributed by atoms with Crippen LogP contribution in [-0.4, -0.2) is 30.0 Å². The summed E-state index contributed by atoms with van der Waals surface area (Å²) in [7, 11) is 1.65. The number of benzene rings is 2. The highest BCUT2D eigenvalue weighted by Crippen LogP contribution is 2.14. The third-order valence-corrected chi connectivity index (χ3v) is 4.07. The van der Waals surface area contributed by atoms with Crippen molar-refractivity contribution >= 4 is 28.9 Å². The van der Waals surface area contributed by atoms with Crippen LogP contribution in [0.15, 0.2) is 69.9 Å². The quantitative estimate of drug-likeness (QED) is 0.694. The first-order valence-corrected chi connectivity index (χ1v) is 8.09. The van der Waals surface area contributed by atoms with E-state index < -0.39 is 0 Å². The summed E-state index contributed by atoms with van der Waals surface area (Å²) in [5.41, 5.74) is 5.97. The summed E-state index contributed by atoms with van der Waals surface area (Å²) < 4.78 is 5.12. The molecule has 0 amide bonds. The smallest absolute Gasteiger partial charge is 0.203 e. The van der Waals surface area contributed by atoms with Crippen LogP contribution in [0.25, 0.3) is 0 Å². The predicted molar refractivity (Wildman–Crippen MR) is 96.6 cm³/mol. The average molecular weight is 324 g/mol. The minimum absolute atomic E-state index is 0.689. The lowest BCUT2D eigenvalue weighted by atomic mass is 10.1. The van der Waals surface area contributed by atoms with Crippen molar-refractivity contribution in [3.05, 3.63) is 65.7 Å². The molecule has 0 saturated carbocycles. The Labute approximate surface area is 139 Å². The van der Waals surface area contributed by atoms with Gasteiger partial charge in [0.2, 0.25) is 5.17 Å². The van der Waals surface area contributed by atoms with Gasteiger partial charge in [-0.2, -0.15) is 10.2 Å². The Morgan fingerprint density at radius 1 is 1.09 bits per heavy atom. The Balaban J connectivity index is 1.59. The molecule has 0 saturated heterocycles. The lowest BCUT2D eigenvalue weighted by Crippen LogP contribution is -2.20. The topological polar surface area (TPSA) is 58.3 Å². The molecule has 2 aromatic rings. The fourth-order valence-corrected chi connectivity index (χ4v) is 2.69. The first-order chi connectivity index (χ1) is 11.3. The Bertz CT molecular complexity index is 739. The molecule has 3 rings (SSSR count). The highest BCUT2D eigenvalue weighted by atomic mass is 32.2. The zero-order valence-electron chi connectivity index (χ0n) is 12.6. The SMILES string of the molecule is COc1ccc(/C=N/NC2=NN=C(c3ccccc3)CS2)cc1. The number of rotatable bonds is 4. The zero-order chi connectivity index (χ0) is 15.9. The number of hydrazone groups is 1. The van der Waals surface area contributed by atoms with Crippen LogP contribution < -0.4 is 10.2 Å². The van der Waals surface area contributed by atoms with E-state index in [0.29, 0.717) is 5.17 Å². The van der Waals surface area contributed by atoms with E-state index in [0.717, 1.165) is 28.3 Å². The van der Waals surface area contributed by atoms with Crippen LogP contribution in [0.4, 0.5) is 0 Å². The summed E-state index contributed by atoms with van der Waals surface area (Å²) in [6.45, 7) is 0. The van der Waals surface area contributed by atoms with Gasteiger partial charge in [-0.15, -0.1) is 5.10 Å². The van der Waals surface area contributed by atoms with Gasteiger partial charge in [0, 0.05) is 5.75 Å². The molecule has 1 aliphatic rings. The zero-order valence-corrected chi connectivity index (χ0v) is 13.5. The number of hydrogen-bond donors (Lipinski definition) is 1. The summed E-state index contributed by atoms with van der Waals surface area (Å²) in [6.07, 6.45) is 1.74. The van der Waals surface area contributed by atoms with Crippen molar-refractivity contribution in [3.63, 3.8) is 0 Å². The third-order valence-electron chi connectivity index (χ3n) is 3.20. The second kappa shape index (κ2) is 7.60. The molecule has 0 fully saturated rings. The van der Waals surface area contributed by atoms with Crippen molar-refractivity contribution in [1.82, 2.24) is 5.43 Å². The number of nitrogens with zero attached hydrogens (tertiary/aromatic N) is 3. The van der Waals surface area contributed by atoms with Crippen LogP contribution in [-0.2, 0) is 0 Å². The number of amidine groups is 1.